The maximum absolute atomic E-state index is 12.8. The molecular weight excluding hydrogens is 424 g/mol. The molecule has 1 aromatic heterocycles. The Morgan fingerprint density at radius 3 is 2.48 bits per heavy atom. The van der Waals surface area contributed by atoms with E-state index in [1.807, 2.05) is 0 Å². The second-order valence-corrected chi connectivity index (χ2v) is 9.00. The number of nitrogens with one attached hydrogen (secondary N) is 2. The fourth-order valence-electron chi connectivity index (χ4n) is 3.03. The van der Waals surface area contributed by atoms with Crippen LogP contribution in [0.1, 0.15) is 17.3 Å². The van der Waals surface area contributed by atoms with Crippen molar-refractivity contribution in [3.8, 4) is 5.75 Å². The second-order valence-electron chi connectivity index (χ2n) is 6.84. The molecule has 0 unspecified atom stereocenters. The summed E-state index contributed by atoms with van der Waals surface area (Å²) in [5, 5.41) is 2.90. The SMILES string of the molecule is CCn1c(=O)[nH]c2cc(C(=O)Nc3cc(S(=O)(=O)N(C)C)ccc3OC)ccc2c1=O. The zero-order chi connectivity index (χ0) is 22.9. The van der Waals surface area contributed by atoms with Gasteiger partial charge in [0.2, 0.25) is 10.0 Å². The molecule has 164 valence electrons. The minimum absolute atomic E-state index is 0.0171. The number of carbonyl (C=O) groups excluding carboxylic acids is 1. The zero-order valence-electron chi connectivity index (χ0n) is 17.4. The molecule has 0 spiro atoms. The van der Waals surface area contributed by atoms with Gasteiger partial charge in [-0.25, -0.2) is 17.5 Å². The van der Waals surface area contributed by atoms with Gasteiger partial charge in [0.1, 0.15) is 5.75 Å². The van der Waals surface area contributed by atoms with E-state index in [0.717, 1.165) is 8.87 Å². The Bertz CT molecular complexity index is 1390. The average Bonchev–Trinajstić information content (AvgIpc) is 2.73. The number of rotatable bonds is 6. The molecule has 2 N–H and O–H groups in total. The first-order chi connectivity index (χ1) is 14.6. The van der Waals surface area contributed by atoms with Gasteiger partial charge in [-0.05, 0) is 43.3 Å². The lowest BCUT2D eigenvalue weighted by atomic mass is 10.1. The van der Waals surface area contributed by atoms with Crippen molar-refractivity contribution in [1.82, 2.24) is 13.9 Å². The molecule has 0 aliphatic rings. The van der Waals surface area contributed by atoms with Crippen LogP contribution in [0.25, 0.3) is 10.9 Å². The van der Waals surface area contributed by atoms with Crippen molar-refractivity contribution in [2.45, 2.75) is 18.4 Å². The molecule has 0 radical (unpaired) electrons. The number of ether oxygens (including phenoxy) is 1. The number of methoxy groups -OCH3 is 1. The molecule has 0 fully saturated rings. The van der Waals surface area contributed by atoms with Crippen molar-refractivity contribution in [3.05, 3.63) is 62.8 Å². The van der Waals surface area contributed by atoms with E-state index in [4.69, 9.17) is 4.74 Å². The number of amides is 1. The first-order valence-corrected chi connectivity index (χ1v) is 10.7. The van der Waals surface area contributed by atoms with Crippen molar-refractivity contribution < 1.29 is 17.9 Å². The van der Waals surface area contributed by atoms with Crippen LogP contribution in [0.4, 0.5) is 5.69 Å². The number of benzene rings is 2. The van der Waals surface area contributed by atoms with E-state index in [-0.39, 0.29) is 39.3 Å². The van der Waals surface area contributed by atoms with Crippen LogP contribution in [0, 0.1) is 0 Å². The number of hydrogen-bond acceptors (Lipinski definition) is 6. The van der Waals surface area contributed by atoms with Crippen molar-refractivity contribution in [3.63, 3.8) is 0 Å². The molecule has 2 aromatic carbocycles. The molecular formula is C20H22N4O6S. The standard InChI is InChI=1S/C20H22N4O6S/c1-5-24-19(26)14-8-6-12(10-15(14)22-20(24)27)18(25)21-16-11-13(7-9-17(16)30-4)31(28,29)23(2)3/h6-11H,5H2,1-4H3,(H,21,25)(H,22,27). The molecule has 10 nitrogen and oxygen atoms in total. The van der Waals surface area contributed by atoms with Crippen molar-refractivity contribution in [2.24, 2.45) is 0 Å². The molecule has 11 heteroatoms. The smallest absolute Gasteiger partial charge is 0.328 e. The third kappa shape index (κ3) is 4.09. The molecule has 0 bridgehead atoms. The topological polar surface area (TPSA) is 131 Å². The van der Waals surface area contributed by atoms with Gasteiger partial charge < -0.3 is 15.0 Å². The largest absolute Gasteiger partial charge is 0.495 e. The van der Waals surface area contributed by atoms with Crippen LogP contribution in [-0.2, 0) is 16.6 Å². The van der Waals surface area contributed by atoms with E-state index < -0.39 is 27.2 Å². The Morgan fingerprint density at radius 1 is 1.16 bits per heavy atom. The van der Waals surface area contributed by atoms with Gasteiger partial charge >= 0.3 is 5.69 Å². The summed E-state index contributed by atoms with van der Waals surface area (Å²) in [5.41, 5.74) is -0.467. The molecule has 31 heavy (non-hydrogen) atoms. The highest BCUT2D eigenvalue weighted by atomic mass is 32.2. The highest BCUT2D eigenvalue weighted by molar-refractivity contribution is 7.89. The summed E-state index contributed by atoms with van der Waals surface area (Å²) in [6, 6.07) is 8.42. The maximum atomic E-state index is 12.8. The molecule has 0 atom stereocenters. The van der Waals surface area contributed by atoms with Gasteiger partial charge in [-0.15, -0.1) is 0 Å². The fraction of sp³-hybridized carbons (Fsp3) is 0.250. The van der Waals surface area contributed by atoms with Crippen molar-refractivity contribution in [1.29, 1.82) is 0 Å². The molecule has 0 saturated heterocycles. The van der Waals surface area contributed by atoms with E-state index in [9.17, 15) is 22.8 Å². The number of sulfonamides is 1. The average molecular weight is 446 g/mol. The van der Waals surface area contributed by atoms with Crippen LogP contribution in [0.2, 0.25) is 0 Å². The minimum Gasteiger partial charge on any atom is -0.495 e. The van der Waals surface area contributed by atoms with E-state index in [2.05, 4.69) is 10.3 Å². The Morgan fingerprint density at radius 2 is 1.87 bits per heavy atom. The summed E-state index contributed by atoms with van der Waals surface area (Å²) >= 11 is 0. The number of aromatic nitrogens is 2. The summed E-state index contributed by atoms with van der Waals surface area (Å²) in [4.78, 5) is 39.8. The van der Waals surface area contributed by atoms with E-state index in [1.165, 1.54) is 57.6 Å². The maximum Gasteiger partial charge on any atom is 0.328 e. The number of aromatic amines is 1. The van der Waals surface area contributed by atoms with Gasteiger partial charge in [-0.2, -0.15) is 0 Å². The summed E-state index contributed by atoms with van der Waals surface area (Å²) in [7, 11) is 0.479. The number of H-pyrrole nitrogens is 1. The second kappa shape index (κ2) is 8.36. The molecule has 1 amide bonds. The molecule has 1 heterocycles. The van der Waals surface area contributed by atoms with Crippen LogP contribution in [0.3, 0.4) is 0 Å². The monoisotopic (exact) mass is 446 g/mol. The molecule has 0 aliphatic heterocycles. The van der Waals surface area contributed by atoms with Crippen LogP contribution >= 0.6 is 0 Å². The Balaban J connectivity index is 2.02. The van der Waals surface area contributed by atoms with Crippen molar-refractivity contribution >= 4 is 32.5 Å². The number of carbonyl (C=O) groups is 1. The van der Waals surface area contributed by atoms with E-state index >= 15 is 0 Å². The lowest BCUT2D eigenvalue weighted by Gasteiger charge is -2.15. The Kier molecular flexibility index (Phi) is 6.00. The lowest BCUT2D eigenvalue weighted by Crippen LogP contribution is -2.34. The molecule has 3 aromatic rings. The van der Waals surface area contributed by atoms with Gasteiger partial charge in [0, 0.05) is 26.2 Å². The van der Waals surface area contributed by atoms with Crippen LogP contribution in [-0.4, -0.2) is 49.4 Å². The van der Waals surface area contributed by atoms with Crippen molar-refractivity contribution in [2.75, 3.05) is 26.5 Å². The fourth-order valence-corrected chi connectivity index (χ4v) is 3.96. The molecule has 0 saturated carbocycles. The first-order valence-electron chi connectivity index (χ1n) is 9.29. The predicted molar refractivity (Wildman–Crippen MR) is 116 cm³/mol. The number of anilines is 1. The predicted octanol–water partition coefficient (Wildman–Crippen LogP) is 1.22. The summed E-state index contributed by atoms with van der Waals surface area (Å²) < 4.78 is 32.2. The summed E-state index contributed by atoms with van der Waals surface area (Å²) in [6.45, 7) is 1.90. The Hall–Kier alpha value is -3.44. The van der Waals surface area contributed by atoms with Crippen LogP contribution < -0.4 is 21.3 Å². The summed E-state index contributed by atoms with van der Waals surface area (Å²) in [6.07, 6.45) is 0. The molecule has 3 rings (SSSR count). The van der Waals surface area contributed by atoms with E-state index in [1.54, 1.807) is 6.92 Å². The highest BCUT2D eigenvalue weighted by Crippen LogP contribution is 2.29. The number of nitrogens with zero attached hydrogens (tertiary/aromatic N) is 2. The number of fused-ring (bicyclic) bond motifs is 1. The van der Waals surface area contributed by atoms with Crippen LogP contribution in [0.5, 0.6) is 5.75 Å². The van der Waals surface area contributed by atoms with Gasteiger partial charge in [-0.1, -0.05) is 0 Å². The quantitative estimate of drug-likeness (QED) is 0.585. The van der Waals surface area contributed by atoms with Gasteiger partial charge in [0.05, 0.1) is 28.6 Å². The third-order valence-electron chi connectivity index (χ3n) is 4.76. The third-order valence-corrected chi connectivity index (χ3v) is 6.57. The zero-order valence-corrected chi connectivity index (χ0v) is 18.2. The van der Waals surface area contributed by atoms with Gasteiger partial charge in [-0.3, -0.25) is 14.2 Å². The summed E-state index contributed by atoms with van der Waals surface area (Å²) in [5.74, 6) is -0.300. The van der Waals surface area contributed by atoms with Gasteiger partial charge in [0.15, 0.2) is 0 Å². The van der Waals surface area contributed by atoms with Gasteiger partial charge in [0.25, 0.3) is 11.5 Å². The normalized spacial score (nSPS) is 11.6. The van der Waals surface area contributed by atoms with E-state index in [0.29, 0.717) is 0 Å². The Labute approximate surface area is 178 Å². The first kappa shape index (κ1) is 22.2. The molecule has 0 aliphatic carbocycles. The lowest BCUT2D eigenvalue weighted by molar-refractivity contribution is 0.102. The van der Waals surface area contributed by atoms with Crippen LogP contribution in [0.15, 0.2) is 50.9 Å². The highest BCUT2D eigenvalue weighted by Gasteiger charge is 2.20. The number of hydrogen-bond donors (Lipinski definition) is 2. The minimum atomic E-state index is -3.72.